The Labute approximate surface area is 166 Å². The van der Waals surface area contributed by atoms with Gasteiger partial charge in [0.05, 0.1) is 12.7 Å². The van der Waals surface area contributed by atoms with Crippen LogP contribution in [0.3, 0.4) is 0 Å². The zero-order valence-electron chi connectivity index (χ0n) is 13.7. The lowest BCUT2D eigenvalue weighted by molar-refractivity contribution is 0.0952. The molecule has 0 aliphatic heterocycles. The number of anilines is 1. The summed E-state index contributed by atoms with van der Waals surface area (Å²) in [4.78, 5) is 26.8. The fourth-order valence-electron chi connectivity index (χ4n) is 2.46. The fourth-order valence-corrected chi connectivity index (χ4v) is 3.14. The molecule has 3 N–H and O–H groups in total. The summed E-state index contributed by atoms with van der Waals surface area (Å²) in [5.74, 6) is -0.165. The van der Waals surface area contributed by atoms with Crippen LogP contribution >= 0.6 is 31.9 Å². The number of hydrogen-bond donors (Lipinski definition) is 3. The van der Waals surface area contributed by atoms with Crippen LogP contribution in [0.2, 0.25) is 0 Å². The third-order valence-electron chi connectivity index (χ3n) is 3.81. The highest BCUT2D eigenvalue weighted by molar-refractivity contribution is 9.13. The van der Waals surface area contributed by atoms with Gasteiger partial charge >= 0.3 is 6.09 Å². The molecule has 6 nitrogen and oxygen atoms in total. The van der Waals surface area contributed by atoms with Crippen LogP contribution in [0, 0.1) is 0 Å². The number of rotatable bonds is 4. The Kier molecular flexibility index (Phi) is 5.63. The molecular formula is C18H15Br2N3O3. The van der Waals surface area contributed by atoms with E-state index in [0.29, 0.717) is 17.8 Å². The highest BCUT2D eigenvalue weighted by Gasteiger charge is 2.13. The highest BCUT2D eigenvalue weighted by atomic mass is 79.9. The molecule has 3 aromatic rings. The second-order valence-corrected chi connectivity index (χ2v) is 7.22. The topological polar surface area (TPSA) is 83.2 Å². The lowest BCUT2D eigenvalue weighted by Gasteiger charge is -2.07. The van der Waals surface area contributed by atoms with Crippen LogP contribution in [0.5, 0.6) is 0 Å². The summed E-state index contributed by atoms with van der Waals surface area (Å²) in [5.41, 5.74) is 3.00. The Morgan fingerprint density at radius 3 is 2.50 bits per heavy atom. The summed E-state index contributed by atoms with van der Waals surface area (Å²) in [5, 5.41) is 6.32. The predicted molar refractivity (Wildman–Crippen MR) is 107 cm³/mol. The van der Waals surface area contributed by atoms with Crippen LogP contribution in [0.4, 0.5) is 10.5 Å². The van der Waals surface area contributed by atoms with E-state index < -0.39 is 6.09 Å². The van der Waals surface area contributed by atoms with E-state index in [1.165, 1.54) is 7.11 Å². The van der Waals surface area contributed by atoms with Crippen molar-refractivity contribution in [2.45, 2.75) is 6.54 Å². The van der Waals surface area contributed by atoms with Crippen molar-refractivity contribution in [3.63, 3.8) is 0 Å². The Morgan fingerprint density at radius 2 is 1.81 bits per heavy atom. The molecule has 0 saturated carbocycles. The summed E-state index contributed by atoms with van der Waals surface area (Å²) in [6.45, 7) is 0.377. The second-order valence-electron chi connectivity index (χ2n) is 5.51. The number of H-pyrrole nitrogens is 1. The van der Waals surface area contributed by atoms with Gasteiger partial charge in [-0.15, -0.1) is 0 Å². The molecule has 2 aromatic carbocycles. The number of nitrogens with one attached hydrogen (secondary N) is 3. The first kappa shape index (κ1) is 18.5. The summed E-state index contributed by atoms with van der Waals surface area (Å²) < 4.78 is 6.34. The molecular weight excluding hydrogens is 466 g/mol. The van der Waals surface area contributed by atoms with Gasteiger partial charge in [0.15, 0.2) is 0 Å². The van der Waals surface area contributed by atoms with Crippen molar-refractivity contribution in [1.29, 1.82) is 0 Å². The average molecular weight is 481 g/mol. The van der Waals surface area contributed by atoms with Gasteiger partial charge in [0.1, 0.15) is 0 Å². The van der Waals surface area contributed by atoms with E-state index >= 15 is 0 Å². The molecule has 2 amide bonds. The van der Waals surface area contributed by atoms with Crippen molar-refractivity contribution < 1.29 is 14.3 Å². The number of amides is 2. The largest absolute Gasteiger partial charge is 0.453 e. The third-order valence-corrected chi connectivity index (χ3v) is 5.65. The van der Waals surface area contributed by atoms with E-state index in [1.807, 2.05) is 24.3 Å². The average Bonchev–Trinajstić information content (AvgIpc) is 3.03. The summed E-state index contributed by atoms with van der Waals surface area (Å²) in [6.07, 6.45) is 1.17. The summed E-state index contributed by atoms with van der Waals surface area (Å²) >= 11 is 6.91. The number of aromatic nitrogens is 1. The summed E-state index contributed by atoms with van der Waals surface area (Å²) in [7, 11) is 1.31. The smallest absolute Gasteiger partial charge is 0.411 e. The normalized spacial score (nSPS) is 10.6. The van der Waals surface area contributed by atoms with Crippen molar-refractivity contribution in [3.05, 3.63) is 62.7 Å². The molecule has 1 heterocycles. The minimum Gasteiger partial charge on any atom is -0.453 e. The van der Waals surface area contributed by atoms with Gasteiger partial charge in [-0.25, -0.2) is 4.79 Å². The van der Waals surface area contributed by atoms with E-state index in [2.05, 4.69) is 52.2 Å². The van der Waals surface area contributed by atoms with Crippen LogP contribution < -0.4 is 10.6 Å². The van der Waals surface area contributed by atoms with Crippen molar-refractivity contribution in [2.75, 3.05) is 12.4 Å². The number of hydrogen-bond acceptors (Lipinski definition) is 3. The van der Waals surface area contributed by atoms with E-state index in [1.54, 1.807) is 18.3 Å². The number of methoxy groups -OCH3 is 1. The molecule has 0 fully saturated rings. The Hall–Kier alpha value is -2.32. The standard InChI is InChI=1S/C18H15Br2N3O3/c1-26-18(25)23-11-4-2-10(3-5-11)8-22-17(24)13-9-21-16-7-15(20)14(19)6-12(13)16/h2-7,9,21H,8H2,1H3,(H,22,24)(H,23,25). The third kappa shape index (κ3) is 4.08. The van der Waals surface area contributed by atoms with Crippen molar-refractivity contribution in [1.82, 2.24) is 10.3 Å². The molecule has 8 heteroatoms. The molecule has 134 valence electrons. The van der Waals surface area contributed by atoms with Crippen LogP contribution in [-0.2, 0) is 11.3 Å². The molecule has 0 aliphatic rings. The number of carbonyl (C=O) groups is 2. The molecule has 0 saturated heterocycles. The number of aromatic amines is 1. The minimum absolute atomic E-state index is 0.165. The van der Waals surface area contributed by atoms with Crippen LogP contribution in [0.1, 0.15) is 15.9 Å². The number of halogens is 2. The lowest BCUT2D eigenvalue weighted by Crippen LogP contribution is -2.22. The molecule has 0 radical (unpaired) electrons. The van der Waals surface area contributed by atoms with Crippen molar-refractivity contribution >= 4 is 60.5 Å². The van der Waals surface area contributed by atoms with E-state index in [-0.39, 0.29) is 5.91 Å². The first-order valence-corrected chi connectivity index (χ1v) is 9.25. The minimum atomic E-state index is -0.525. The number of benzene rings is 2. The summed E-state index contributed by atoms with van der Waals surface area (Å²) in [6, 6.07) is 11.0. The highest BCUT2D eigenvalue weighted by Crippen LogP contribution is 2.30. The number of carbonyl (C=O) groups excluding carboxylic acids is 2. The first-order chi connectivity index (χ1) is 12.5. The zero-order chi connectivity index (χ0) is 18.7. The first-order valence-electron chi connectivity index (χ1n) is 7.66. The molecule has 0 aliphatic carbocycles. The predicted octanol–water partition coefficient (Wildman–Crippen LogP) is 4.80. The van der Waals surface area contributed by atoms with E-state index in [9.17, 15) is 9.59 Å². The maximum Gasteiger partial charge on any atom is 0.411 e. The van der Waals surface area contributed by atoms with Gasteiger partial charge in [0, 0.05) is 38.3 Å². The molecule has 0 unspecified atom stereocenters. The Morgan fingerprint density at radius 1 is 1.12 bits per heavy atom. The fraction of sp³-hybridized carbons (Fsp3) is 0.111. The number of ether oxygens (including phenoxy) is 1. The van der Waals surface area contributed by atoms with Crippen LogP contribution in [0.15, 0.2) is 51.5 Å². The van der Waals surface area contributed by atoms with E-state index in [0.717, 1.165) is 25.4 Å². The SMILES string of the molecule is COC(=O)Nc1ccc(CNC(=O)c2c[nH]c3cc(Br)c(Br)cc23)cc1. The molecule has 0 spiro atoms. The van der Waals surface area contributed by atoms with E-state index in [4.69, 9.17) is 0 Å². The molecule has 3 rings (SSSR count). The maximum absolute atomic E-state index is 12.5. The van der Waals surface area contributed by atoms with Gasteiger partial charge in [0.2, 0.25) is 0 Å². The van der Waals surface area contributed by atoms with Gasteiger partial charge < -0.3 is 15.0 Å². The molecule has 0 atom stereocenters. The van der Waals surface area contributed by atoms with Gasteiger partial charge in [-0.3, -0.25) is 10.1 Å². The lowest BCUT2D eigenvalue weighted by atomic mass is 10.1. The van der Waals surface area contributed by atoms with Crippen LogP contribution in [-0.4, -0.2) is 24.1 Å². The van der Waals surface area contributed by atoms with Gasteiger partial charge in [-0.1, -0.05) is 12.1 Å². The van der Waals surface area contributed by atoms with Gasteiger partial charge in [-0.2, -0.15) is 0 Å². The quantitative estimate of drug-likeness (QED) is 0.501. The molecule has 26 heavy (non-hydrogen) atoms. The molecule has 1 aromatic heterocycles. The number of fused-ring (bicyclic) bond motifs is 1. The molecule has 0 bridgehead atoms. The zero-order valence-corrected chi connectivity index (χ0v) is 16.9. The van der Waals surface area contributed by atoms with Crippen molar-refractivity contribution in [3.8, 4) is 0 Å². The van der Waals surface area contributed by atoms with Crippen LogP contribution in [0.25, 0.3) is 10.9 Å². The maximum atomic E-state index is 12.5. The monoisotopic (exact) mass is 479 g/mol. The van der Waals surface area contributed by atoms with Gasteiger partial charge in [0.25, 0.3) is 5.91 Å². The van der Waals surface area contributed by atoms with Crippen molar-refractivity contribution in [2.24, 2.45) is 0 Å². The Balaban J connectivity index is 1.67. The van der Waals surface area contributed by atoms with Gasteiger partial charge in [-0.05, 0) is 61.7 Å². The Bertz CT molecular complexity index is 968. The second kappa shape index (κ2) is 7.92.